The molecule has 0 aliphatic carbocycles. The molecular formula is C8H10BrN5O2S. The van der Waals surface area contributed by atoms with Crippen molar-refractivity contribution in [1.82, 2.24) is 18.2 Å². The highest BCUT2D eigenvalue weighted by Gasteiger charge is 2.21. The highest BCUT2D eigenvalue weighted by atomic mass is 79.9. The molecule has 0 spiro atoms. The van der Waals surface area contributed by atoms with E-state index in [0.29, 0.717) is 15.8 Å². The molecule has 0 saturated carbocycles. The van der Waals surface area contributed by atoms with Crippen LogP contribution in [0.2, 0.25) is 0 Å². The van der Waals surface area contributed by atoms with Gasteiger partial charge >= 0.3 is 10.2 Å². The lowest BCUT2D eigenvalue weighted by atomic mass is 10.4. The van der Waals surface area contributed by atoms with Crippen molar-refractivity contribution in [3.05, 3.63) is 17.0 Å². The molecule has 0 bridgehead atoms. The van der Waals surface area contributed by atoms with Crippen LogP contribution in [0.5, 0.6) is 0 Å². The summed E-state index contributed by atoms with van der Waals surface area (Å²) in [6.07, 6.45) is 1.19. The van der Waals surface area contributed by atoms with Gasteiger partial charge in [0.1, 0.15) is 16.4 Å². The first-order chi connectivity index (χ1) is 7.84. The van der Waals surface area contributed by atoms with Crippen LogP contribution in [0.3, 0.4) is 0 Å². The van der Waals surface area contributed by atoms with Gasteiger partial charge in [-0.2, -0.15) is 16.7 Å². The average Bonchev–Trinajstić information content (AvgIpc) is 2.61. The van der Waals surface area contributed by atoms with Gasteiger partial charge in [-0.1, -0.05) is 0 Å². The lowest BCUT2D eigenvalue weighted by Gasteiger charge is -2.11. The lowest BCUT2D eigenvalue weighted by Crippen LogP contribution is -2.28. The maximum Gasteiger partial charge on any atom is 0.310 e. The molecule has 0 aliphatic heterocycles. The summed E-state index contributed by atoms with van der Waals surface area (Å²) in [6.45, 7) is 0. The predicted molar refractivity (Wildman–Crippen MR) is 67.6 cm³/mol. The van der Waals surface area contributed by atoms with E-state index in [1.54, 1.807) is 6.07 Å². The number of nitrogens with two attached hydrogens (primary N) is 1. The molecule has 2 heterocycles. The smallest absolute Gasteiger partial charge is 0.310 e. The Morgan fingerprint density at radius 2 is 2.12 bits per heavy atom. The van der Waals surface area contributed by atoms with E-state index >= 15 is 0 Å². The van der Waals surface area contributed by atoms with E-state index in [0.717, 1.165) is 8.28 Å². The van der Waals surface area contributed by atoms with Crippen molar-refractivity contribution in [2.24, 2.45) is 0 Å². The van der Waals surface area contributed by atoms with E-state index in [1.807, 2.05) is 0 Å². The Labute approximate surface area is 107 Å². The Bertz CT molecular complexity index is 679. The molecule has 2 rings (SSSR count). The third kappa shape index (κ3) is 1.90. The first-order valence-corrected chi connectivity index (χ1v) is 6.75. The Morgan fingerprint density at radius 3 is 2.71 bits per heavy atom. The summed E-state index contributed by atoms with van der Waals surface area (Å²) >= 11 is 3.17. The minimum absolute atomic E-state index is 0.200. The molecule has 0 unspecified atom stereocenters. The molecule has 0 saturated heterocycles. The van der Waals surface area contributed by atoms with E-state index in [9.17, 15) is 8.42 Å². The Morgan fingerprint density at radius 1 is 1.47 bits per heavy atom. The molecule has 9 heteroatoms. The topological polar surface area (TPSA) is 94.1 Å². The van der Waals surface area contributed by atoms with Crippen LogP contribution in [-0.4, -0.2) is 40.8 Å². The second-order valence-electron chi connectivity index (χ2n) is 3.54. The van der Waals surface area contributed by atoms with Gasteiger partial charge in [-0.25, -0.2) is 9.97 Å². The highest BCUT2D eigenvalue weighted by molar-refractivity contribution is 9.10. The van der Waals surface area contributed by atoms with E-state index in [2.05, 4.69) is 25.9 Å². The van der Waals surface area contributed by atoms with E-state index < -0.39 is 10.2 Å². The number of pyridine rings is 1. The van der Waals surface area contributed by atoms with Crippen molar-refractivity contribution in [1.29, 1.82) is 0 Å². The number of rotatable bonds is 2. The average molecular weight is 320 g/mol. The highest BCUT2D eigenvalue weighted by Crippen LogP contribution is 2.23. The summed E-state index contributed by atoms with van der Waals surface area (Å²) < 4.78 is 26.5. The van der Waals surface area contributed by atoms with Crippen LogP contribution in [0.4, 0.5) is 5.69 Å². The molecule has 92 valence electrons. The number of aromatic nitrogens is 3. The summed E-state index contributed by atoms with van der Waals surface area (Å²) in [7, 11) is -0.779. The zero-order valence-corrected chi connectivity index (χ0v) is 11.5. The third-order valence-corrected chi connectivity index (χ3v) is 4.28. The van der Waals surface area contributed by atoms with Crippen molar-refractivity contribution in [3.8, 4) is 0 Å². The van der Waals surface area contributed by atoms with Crippen LogP contribution in [0.15, 0.2) is 17.0 Å². The van der Waals surface area contributed by atoms with Crippen LogP contribution in [0.25, 0.3) is 11.2 Å². The van der Waals surface area contributed by atoms with Gasteiger partial charge < -0.3 is 5.73 Å². The van der Waals surface area contributed by atoms with Crippen molar-refractivity contribution >= 4 is 43.0 Å². The minimum atomic E-state index is -3.65. The number of hydrogen-bond acceptors (Lipinski definition) is 5. The number of nitrogen functional groups attached to an aromatic ring is 1. The SMILES string of the molecule is CN(C)S(=O)(=O)n1cnc2c(N)cc(Br)nc21. The number of imidazole rings is 1. The number of anilines is 1. The summed E-state index contributed by atoms with van der Waals surface area (Å²) in [5.74, 6) is 0. The second-order valence-corrected chi connectivity index (χ2v) is 6.37. The van der Waals surface area contributed by atoms with Crippen LogP contribution < -0.4 is 5.73 Å². The fraction of sp³-hybridized carbons (Fsp3) is 0.250. The Kier molecular flexibility index (Phi) is 2.84. The quantitative estimate of drug-likeness (QED) is 0.810. The van der Waals surface area contributed by atoms with Gasteiger partial charge in [0, 0.05) is 14.1 Å². The normalized spacial score (nSPS) is 12.5. The molecule has 7 nitrogen and oxygen atoms in total. The predicted octanol–water partition coefficient (Wildman–Crippen LogP) is 0.431. The monoisotopic (exact) mass is 319 g/mol. The van der Waals surface area contributed by atoms with Gasteiger partial charge in [0.25, 0.3) is 0 Å². The van der Waals surface area contributed by atoms with Crippen LogP contribution in [-0.2, 0) is 10.2 Å². The summed E-state index contributed by atoms with van der Waals surface area (Å²) in [6, 6.07) is 1.57. The number of halogens is 1. The third-order valence-electron chi connectivity index (χ3n) is 2.18. The summed E-state index contributed by atoms with van der Waals surface area (Å²) in [5, 5.41) is 0. The van der Waals surface area contributed by atoms with Crippen molar-refractivity contribution in [2.75, 3.05) is 19.8 Å². The molecule has 0 aliphatic rings. The fourth-order valence-electron chi connectivity index (χ4n) is 1.31. The number of fused-ring (bicyclic) bond motifs is 1. The molecule has 0 fully saturated rings. The van der Waals surface area contributed by atoms with Crippen LogP contribution >= 0.6 is 15.9 Å². The molecule has 0 aromatic carbocycles. The Hall–Kier alpha value is -1.19. The minimum Gasteiger partial charge on any atom is -0.397 e. The first kappa shape index (κ1) is 12.3. The zero-order chi connectivity index (χ0) is 12.8. The molecular weight excluding hydrogens is 310 g/mol. The molecule has 2 aromatic heterocycles. The molecule has 0 radical (unpaired) electrons. The van der Waals surface area contributed by atoms with Crippen molar-refractivity contribution in [2.45, 2.75) is 0 Å². The molecule has 0 amide bonds. The summed E-state index contributed by atoms with van der Waals surface area (Å²) in [4.78, 5) is 8.03. The molecule has 2 aromatic rings. The van der Waals surface area contributed by atoms with Crippen LogP contribution in [0, 0.1) is 0 Å². The zero-order valence-electron chi connectivity index (χ0n) is 9.12. The van der Waals surface area contributed by atoms with E-state index in [4.69, 9.17) is 5.73 Å². The van der Waals surface area contributed by atoms with Gasteiger partial charge in [0.05, 0.1) is 5.69 Å². The first-order valence-electron chi connectivity index (χ1n) is 4.56. The van der Waals surface area contributed by atoms with Gasteiger partial charge in [0.2, 0.25) is 0 Å². The molecule has 17 heavy (non-hydrogen) atoms. The lowest BCUT2D eigenvalue weighted by molar-refractivity contribution is 0.512. The fourth-order valence-corrected chi connectivity index (χ4v) is 2.59. The molecule has 2 N–H and O–H groups in total. The van der Waals surface area contributed by atoms with Crippen LogP contribution in [0.1, 0.15) is 0 Å². The standard InChI is InChI=1S/C8H10BrN5O2S/c1-13(2)17(15,16)14-4-11-7-5(10)3-6(9)12-8(7)14/h3-4H,1-2H3,(H2,10,12). The van der Waals surface area contributed by atoms with E-state index in [1.165, 1.54) is 20.4 Å². The van der Waals surface area contributed by atoms with Gasteiger partial charge in [-0.15, -0.1) is 0 Å². The number of hydrogen-bond donors (Lipinski definition) is 1. The van der Waals surface area contributed by atoms with E-state index in [-0.39, 0.29) is 5.65 Å². The van der Waals surface area contributed by atoms with Crippen molar-refractivity contribution in [3.63, 3.8) is 0 Å². The second kappa shape index (κ2) is 3.93. The number of nitrogens with zero attached hydrogens (tertiary/aromatic N) is 4. The maximum atomic E-state index is 12.0. The van der Waals surface area contributed by atoms with Crippen molar-refractivity contribution < 1.29 is 8.42 Å². The van der Waals surface area contributed by atoms with Gasteiger partial charge in [0.15, 0.2) is 5.65 Å². The summed E-state index contributed by atoms with van der Waals surface area (Å²) in [5.41, 5.74) is 6.66. The largest absolute Gasteiger partial charge is 0.397 e. The Balaban J connectivity index is 2.82. The van der Waals surface area contributed by atoms with Gasteiger partial charge in [-0.05, 0) is 22.0 Å². The molecule has 0 atom stereocenters. The van der Waals surface area contributed by atoms with Gasteiger partial charge in [-0.3, -0.25) is 0 Å². The maximum absolute atomic E-state index is 12.0.